The summed E-state index contributed by atoms with van der Waals surface area (Å²) in [7, 11) is -3.52. The number of benzene rings is 1. The summed E-state index contributed by atoms with van der Waals surface area (Å²) < 4.78 is 28.3. The molecule has 0 saturated heterocycles. The topological polar surface area (TPSA) is 66.5 Å². The Kier molecular flexibility index (Phi) is 4.71. The van der Waals surface area contributed by atoms with Crippen molar-refractivity contribution in [3.8, 4) is 0 Å². The first-order valence-corrected chi connectivity index (χ1v) is 10.6. The fourth-order valence-corrected chi connectivity index (χ4v) is 5.20. The Morgan fingerprint density at radius 1 is 1.24 bits per heavy atom. The van der Waals surface area contributed by atoms with E-state index < -0.39 is 10.0 Å². The molecular formula is C19H28N2O3S. The van der Waals surface area contributed by atoms with Gasteiger partial charge in [-0.2, -0.15) is 0 Å². The molecule has 0 aromatic heterocycles. The van der Waals surface area contributed by atoms with E-state index in [4.69, 9.17) is 0 Å². The largest absolute Gasteiger partial charge is 0.311 e. The van der Waals surface area contributed by atoms with Crippen LogP contribution < -0.4 is 9.62 Å². The Morgan fingerprint density at radius 3 is 2.48 bits per heavy atom. The number of carbonyl (C=O) groups is 1. The summed E-state index contributed by atoms with van der Waals surface area (Å²) in [6.45, 7) is 8.47. The maximum absolute atomic E-state index is 12.7. The second kappa shape index (κ2) is 6.40. The highest BCUT2D eigenvalue weighted by molar-refractivity contribution is 7.89. The van der Waals surface area contributed by atoms with Crippen LogP contribution in [-0.4, -0.2) is 26.9 Å². The van der Waals surface area contributed by atoms with Gasteiger partial charge in [-0.3, -0.25) is 4.79 Å². The van der Waals surface area contributed by atoms with E-state index in [9.17, 15) is 13.2 Å². The molecule has 1 amide bonds. The SMILES string of the molecule is CC(C)C(=O)N1CC(C)(C)c2cc(S(=O)(=O)NC3CCCC3)ccc21. The van der Waals surface area contributed by atoms with Crippen LogP contribution in [-0.2, 0) is 20.2 Å². The van der Waals surface area contributed by atoms with Crippen molar-refractivity contribution >= 4 is 21.6 Å². The van der Waals surface area contributed by atoms with Crippen LogP contribution in [0.2, 0.25) is 0 Å². The first kappa shape index (κ1) is 18.4. The van der Waals surface area contributed by atoms with Gasteiger partial charge in [-0.15, -0.1) is 0 Å². The van der Waals surface area contributed by atoms with Gasteiger partial charge in [0, 0.05) is 29.6 Å². The second-order valence-corrected chi connectivity index (χ2v) is 9.96. The lowest BCUT2D eigenvalue weighted by Gasteiger charge is -2.22. The number of nitrogens with one attached hydrogen (secondary N) is 1. The van der Waals surface area contributed by atoms with E-state index in [1.807, 2.05) is 13.8 Å². The van der Waals surface area contributed by atoms with E-state index in [0.29, 0.717) is 11.4 Å². The Bertz CT molecular complexity index is 778. The molecule has 1 aromatic rings. The monoisotopic (exact) mass is 364 g/mol. The smallest absolute Gasteiger partial charge is 0.240 e. The molecule has 0 spiro atoms. The third kappa shape index (κ3) is 3.47. The highest BCUT2D eigenvalue weighted by Crippen LogP contribution is 2.42. The summed E-state index contributed by atoms with van der Waals surface area (Å²) >= 11 is 0. The molecular weight excluding hydrogens is 336 g/mol. The van der Waals surface area contributed by atoms with Crippen molar-refractivity contribution in [1.82, 2.24) is 4.72 Å². The Morgan fingerprint density at radius 2 is 1.88 bits per heavy atom. The zero-order valence-corrected chi connectivity index (χ0v) is 16.3. The molecule has 3 rings (SSSR count). The van der Waals surface area contributed by atoms with Crippen LogP contribution in [0.3, 0.4) is 0 Å². The number of anilines is 1. The molecule has 1 fully saturated rings. The molecule has 1 aliphatic carbocycles. The molecule has 1 heterocycles. The van der Waals surface area contributed by atoms with Gasteiger partial charge < -0.3 is 4.90 Å². The molecule has 1 aliphatic heterocycles. The average molecular weight is 365 g/mol. The normalized spacial score (nSPS) is 20.3. The maximum atomic E-state index is 12.7. The lowest BCUT2D eigenvalue weighted by atomic mass is 9.87. The highest BCUT2D eigenvalue weighted by Gasteiger charge is 2.39. The van der Waals surface area contributed by atoms with Gasteiger partial charge in [0.25, 0.3) is 0 Å². The van der Waals surface area contributed by atoms with Crippen molar-refractivity contribution in [2.24, 2.45) is 5.92 Å². The summed E-state index contributed by atoms with van der Waals surface area (Å²) in [4.78, 5) is 14.6. The van der Waals surface area contributed by atoms with Crippen molar-refractivity contribution in [1.29, 1.82) is 0 Å². The van der Waals surface area contributed by atoms with Crippen LogP contribution in [0.25, 0.3) is 0 Å². The zero-order valence-electron chi connectivity index (χ0n) is 15.5. The molecule has 5 nitrogen and oxygen atoms in total. The Labute approximate surface area is 150 Å². The lowest BCUT2D eigenvalue weighted by molar-refractivity contribution is -0.121. The number of nitrogens with zero attached hydrogens (tertiary/aromatic N) is 1. The van der Waals surface area contributed by atoms with Gasteiger partial charge in [0.1, 0.15) is 0 Å². The van der Waals surface area contributed by atoms with Crippen LogP contribution >= 0.6 is 0 Å². The minimum atomic E-state index is -3.52. The average Bonchev–Trinajstić information content (AvgIpc) is 3.12. The standard InChI is InChI=1S/C19H28N2O3S/c1-13(2)18(22)21-12-19(3,4)16-11-15(9-10-17(16)21)25(23,24)20-14-7-5-6-8-14/h9-11,13-14,20H,5-8,12H2,1-4H3. The van der Waals surface area contributed by atoms with Gasteiger partial charge in [-0.25, -0.2) is 13.1 Å². The molecule has 1 saturated carbocycles. The van der Waals surface area contributed by atoms with Gasteiger partial charge in [0.2, 0.25) is 15.9 Å². The summed E-state index contributed by atoms with van der Waals surface area (Å²) in [5.41, 5.74) is 1.50. The third-order valence-electron chi connectivity index (χ3n) is 5.29. The molecule has 1 N–H and O–H groups in total. The van der Waals surface area contributed by atoms with Crippen LogP contribution in [0.1, 0.15) is 58.9 Å². The van der Waals surface area contributed by atoms with Gasteiger partial charge in [-0.05, 0) is 36.6 Å². The molecule has 0 atom stereocenters. The van der Waals surface area contributed by atoms with E-state index >= 15 is 0 Å². The van der Waals surface area contributed by atoms with E-state index in [0.717, 1.165) is 36.9 Å². The van der Waals surface area contributed by atoms with Gasteiger partial charge in [0.15, 0.2) is 0 Å². The van der Waals surface area contributed by atoms with Crippen LogP contribution in [0.15, 0.2) is 23.1 Å². The van der Waals surface area contributed by atoms with Gasteiger partial charge >= 0.3 is 0 Å². The van der Waals surface area contributed by atoms with Crippen molar-refractivity contribution in [2.75, 3.05) is 11.4 Å². The fraction of sp³-hybridized carbons (Fsp3) is 0.632. The predicted molar refractivity (Wildman–Crippen MR) is 99.2 cm³/mol. The molecule has 25 heavy (non-hydrogen) atoms. The summed E-state index contributed by atoms with van der Waals surface area (Å²) in [6.07, 6.45) is 3.98. The fourth-order valence-electron chi connectivity index (χ4n) is 3.86. The minimum absolute atomic E-state index is 0.0466. The van der Waals surface area contributed by atoms with Crippen molar-refractivity contribution < 1.29 is 13.2 Å². The molecule has 0 unspecified atom stereocenters. The quantitative estimate of drug-likeness (QED) is 0.892. The molecule has 1 aromatic carbocycles. The van der Waals surface area contributed by atoms with Crippen LogP contribution in [0.4, 0.5) is 5.69 Å². The van der Waals surface area contributed by atoms with E-state index in [1.54, 1.807) is 23.1 Å². The molecule has 6 heteroatoms. The number of hydrogen-bond donors (Lipinski definition) is 1. The van der Waals surface area contributed by atoms with Gasteiger partial charge in [0.05, 0.1) is 4.90 Å². The Balaban J connectivity index is 1.94. The number of carbonyl (C=O) groups excluding carboxylic acids is 1. The van der Waals surface area contributed by atoms with E-state index in [-0.39, 0.29) is 23.3 Å². The number of amides is 1. The summed E-state index contributed by atoms with van der Waals surface area (Å²) in [6, 6.07) is 5.21. The molecule has 0 bridgehead atoms. The first-order chi connectivity index (χ1) is 11.6. The third-order valence-corrected chi connectivity index (χ3v) is 6.81. The second-order valence-electron chi connectivity index (χ2n) is 8.24. The first-order valence-electron chi connectivity index (χ1n) is 9.10. The van der Waals surface area contributed by atoms with E-state index in [1.165, 1.54) is 0 Å². The number of fused-ring (bicyclic) bond motifs is 1. The van der Waals surface area contributed by atoms with Crippen LogP contribution in [0.5, 0.6) is 0 Å². The lowest BCUT2D eigenvalue weighted by Crippen LogP contribution is -2.36. The summed E-state index contributed by atoms with van der Waals surface area (Å²) in [5, 5.41) is 0. The van der Waals surface area contributed by atoms with Crippen molar-refractivity contribution in [3.05, 3.63) is 23.8 Å². The van der Waals surface area contributed by atoms with Crippen molar-refractivity contribution in [3.63, 3.8) is 0 Å². The maximum Gasteiger partial charge on any atom is 0.240 e. The van der Waals surface area contributed by atoms with Crippen molar-refractivity contribution in [2.45, 2.75) is 69.7 Å². The highest BCUT2D eigenvalue weighted by atomic mass is 32.2. The Hall–Kier alpha value is -1.40. The number of rotatable bonds is 4. The van der Waals surface area contributed by atoms with Gasteiger partial charge in [-0.1, -0.05) is 40.5 Å². The summed E-state index contributed by atoms with van der Waals surface area (Å²) in [5.74, 6) is -0.0132. The molecule has 0 radical (unpaired) electrons. The van der Waals surface area contributed by atoms with E-state index in [2.05, 4.69) is 18.6 Å². The number of hydrogen-bond acceptors (Lipinski definition) is 3. The zero-order chi connectivity index (χ0) is 18.4. The minimum Gasteiger partial charge on any atom is -0.311 e. The molecule has 138 valence electrons. The predicted octanol–water partition coefficient (Wildman–Crippen LogP) is 3.19. The molecule has 2 aliphatic rings. The van der Waals surface area contributed by atoms with Crippen LogP contribution in [0, 0.1) is 5.92 Å². The number of sulfonamides is 1.